The molecule has 0 radical (unpaired) electrons. The molecule has 0 bridgehead atoms. The van der Waals surface area contributed by atoms with E-state index in [2.05, 4.69) is 20.7 Å². The van der Waals surface area contributed by atoms with E-state index in [0.29, 0.717) is 5.56 Å². The molecule has 0 aliphatic rings. The Morgan fingerprint density at radius 3 is 1.97 bits per heavy atom. The zero-order valence-electron chi connectivity index (χ0n) is 15.2. The van der Waals surface area contributed by atoms with E-state index in [0.717, 1.165) is 10.5 Å². The smallest absolute Gasteiger partial charge is 0.261 e. The summed E-state index contributed by atoms with van der Waals surface area (Å²) in [6.07, 6.45) is 0. The van der Waals surface area contributed by atoms with Crippen molar-refractivity contribution < 1.29 is 21.6 Å². The van der Waals surface area contributed by atoms with Gasteiger partial charge in [-0.15, -0.1) is 0 Å². The Bertz CT molecular complexity index is 1270. The fourth-order valence-corrected chi connectivity index (χ4v) is 5.29. The van der Waals surface area contributed by atoms with Gasteiger partial charge in [-0.3, -0.25) is 9.52 Å². The summed E-state index contributed by atoms with van der Waals surface area (Å²) in [6.45, 7) is 1.41. The number of rotatable bonds is 6. The number of Topliss-reactive ketones (excluding diaryl/α,β-unsaturated/α-hetero) is 1. The van der Waals surface area contributed by atoms with Gasteiger partial charge >= 0.3 is 0 Å². The number of benzene rings is 3. The Balaban J connectivity index is 1.93. The predicted molar refractivity (Wildman–Crippen MR) is 113 cm³/mol. The maximum absolute atomic E-state index is 12.8. The third-order valence-corrected chi connectivity index (χ3v) is 7.77. The third-order valence-electron chi connectivity index (χ3n) is 4.09. The Morgan fingerprint density at radius 1 is 0.793 bits per heavy atom. The van der Waals surface area contributed by atoms with E-state index in [1.54, 1.807) is 12.1 Å². The van der Waals surface area contributed by atoms with Crippen molar-refractivity contribution in [3.05, 3.63) is 82.8 Å². The summed E-state index contributed by atoms with van der Waals surface area (Å²) < 4.78 is 54.2. The topological polar surface area (TPSA) is 97.4 Å². The van der Waals surface area contributed by atoms with E-state index in [1.807, 2.05) is 0 Å². The van der Waals surface area contributed by atoms with E-state index < -0.39 is 19.9 Å². The van der Waals surface area contributed by atoms with Crippen molar-refractivity contribution in [2.75, 3.05) is 4.72 Å². The highest BCUT2D eigenvalue weighted by Crippen LogP contribution is 2.25. The second-order valence-electron chi connectivity index (χ2n) is 6.17. The van der Waals surface area contributed by atoms with E-state index >= 15 is 0 Å². The fourth-order valence-electron chi connectivity index (χ4n) is 2.55. The van der Waals surface area contributed by atoms with Gasteiger partial charge in [0.05, 0.1) is 14.7 Å². The van der Waals surface area contributed by atoms with Crippen LogP contribution in [0.4, 0.5) is 5.69 Å². The highest BCUT2D eigenvalue weighted by Gasteiger charge is 2.21. The summed E-state index contributed by atoms with van der Waals surface area (Å²) in [5.74, 6) is -0.134. The summed E-state index contributed by atoms with van der Waals surface area (Å²) in [5, 5.41) is 0. The first-order valence-electron chi connectivity index (χ1n) is 8.34. The van der Waals surface area contributed by atoms with Crippen LogP contribution in [0.15, 0.2) is 92.0 Å². The van der Waals surface area contributed by atoms with Gasteiger partial charge in [0, 0.05) is 15.7 Å². The molecule has 0 atom stereocenters. The van der Waals surface area contributed by atoms with Crippen molar-refractivity contribution in [2.24, 2.45) is 0 Å². The first-order valence-corrected chi connectivity index (χ1v) is 12.1. The van der Waals surface area contributed by atoms with Gasteiger partial charge in [0.15, 0.2) is 5.78 Å². The molecule has 0 fully saturated rings. The minimum atomic E-state index is -4.02. The van der Waals surface area contributed by atoms with Crippen LogP contribution < -0.4 is 4.72 Å². The van der Waals surface area contributed by atoms with Gasteiger partial charge in [0.25, 0.3) is 10.0 Å². The molecule has 0 heterocycles. The van der Waals surface area contributed by atoms with Gasteiger partial charge in [0.2, 0.25) is 9.84 Å². The number of ketones is 1. The van der Waals surface area contributed by atoms with Gasteiger partial charge in [0.1, 0.15) is 0 Å². The van der Waals surface area contributed by atoms with Crippen LogP contribution in [0.5, 0.6) is 0 Å². The number of sulfonamides is 1. The summed E-state index contributed by atoms with van der Waals surface area (Å²) in [7, 11) is -7.90. The lowest BCUT2D eigenvalue weighted by Gasteiger charge is -2.10. The Morgan fingerprint density at radius 2 is 1.38 bits per heavy atom. The second kappa shape index (κ2) is 8.10. The summed E-state index contributed by atoms with van der Waals surface area (Å²) in [6, 6.07) is 17.2. The molecule has 3 aromatic carbocycles. The van der Waals surface area contributed by atoms with Crippen molar-refractivity contribution in [2.45, 2.75) is 21.6 Å². The Labute approximate surface area is 177 Å². The molecular formula is C20H16BrNO5S2. The zero-order valence-corrected chi connectivity index (χ0v) is 18.4. The first-order chi connectivity index (χ1) is 13.6. The molecule has 0 amide bonds. The molecule has 0 saturated carbocycles. The average molecular weight is 494 g/mol. The highest BCUT2D eigenvalue weighted by atomic mass is 79.9. The van der Waals surface area contributed by atoms with Crippen molar-refractivity contribution in [1.29, 1.82) is 0 Å². The minimum absolute atomic E-state index is 0.0584. The molecule has 150 valence electrons. The molecular weight excluding hydrogens is 478 g/mol. The number of carbonyl (C=O) groups excluding carboxylic acids is 1. The predicted octanol–water partition coefficient (Wildman–Crippen LogP) is 4.29. The number of carbonyl (C=O) groups is 1. The lowest BCUT2D eigenvalue weighted by atomic mass is 10.1. The normalized spacial score (nSPS) is 11.8. The summed E-state index contributed by atoms with van der Waals surface area (Å²) in [5.41, 5.74) is 0.715. The SMILES string of the molecule is CC(=O)c1ccc(NS(=O)(=O)c2cccc(S(=O)(=O)c3ccc(Br)cc3)c2)cc1. The number of hydrogen-bond acceptors (Lipinski definition) is 5. The number of anilines is 1. The third kappa shape index (κ3) is 4.75. The Kier molecular flexibility index (Phi) is 5.92. The molecule has 9 heteroatoms. The van der Waals surface area contributed by atoms with Crippen molar-refractivity contribution >= 4 is 47.3 Å². The van der Waals surface area contributed by atoms with Crippen LogP contribution in [-0.4, -0.2) is 22.6 Å². The van der Waals surface area contributed by atoms with Crippen LogP contribution in [0.3, 0.4) is 0 Å². The molecule has 0 aliphatic carbocycles. The molecule has 0 saturated heterocycles. The molecule has 0 spiro atoms. The van der Waals surface area contributed by atoms with Crippen LogP contribution in [0, 0.1) is 0 Å². The molecule has 3 rings (SSSR count). The maximum Gasteiger partial charge on any atom is 0.261 e. The monoisotopic (exact) mass is 493 g/mol. The number of halogens is 1. The lowest BCUT2D eigenvalue weighted by molar-refractivity contribution is 0.101. The average Bonchev–Trinajstić information content (AvgIpc) is 2.68. The van der Waals surface area contributed by atoms with Crippen LogP contribution >= 0.6 is 15.9 Å². The van der Waals surface area contributed by atoms with Crippen LogP contribution in [-0.2, 0) is 19.9 Å². The van der Waals surface area contributed by atoms with E-state index in [1.165, 1.54) is 61.5 Å². The van der Waals surface area contributed by atoms with E-state index in [4.69, 9.17) is 0 Å². The van der Waals surface area contributed by atoms with Crippen molar-refractivity contribution in [1.82, 2.24) is 0 Å². The number of hydrogen-bond donors (Lipinski definition) is 1. The molecule has 29 heavy (non-hydrogen) atoms. The van der Waals surface area contributed by atoms with Crippen LogP contribution in [0.2, 0.25) is 0 Å². The molecule has 0 aliphatic heterocycles. The van der Waals surface area contributed by atoms with E-state index in [9.17, 15) is 21.6 Å². The largest absolute Gasteiger partial charge is 0.295 e. The fraction of sp³-hybridized carbons (Fsp3) is 0.0500. The summed E-state index contributed by atoms with van der Waals surface area (Å²) in [4.78, 5) is 11.1. The molecule has 0 aromatic heterocycles. The minimum Gasteiger partial charge on any atom is -0.295 e. The lowest BCUT2D eigenvalue weighted by Crippen LogP contribution is -2.14. The second-order valence-corrected chi connectivity index (χ2v) is 10.7. The number of sulfone groups is 1. The first kappa shape index (κ1) is 21.2. The quantitative estimate of drug-likeness (QED) is 0.516. The molecule has 0 unspecified atom stereocenters. The van der Waals surface area contributed by atoms with Crippen molar-refractivity contribution in [3.8, 4) is 0 Å². The summed E-state index contributed by atoms with van der Waals surface area (Å²) >= 11 is 3.25. The van der Waals surface area contributed by atoms with Gasteiger partial charge in [-0.2, -0.15) is 0 Å². The maximum atomic E-state index is 12.8. The van der Waals surface area contributed by atoms with Crippen LogP contribution in [0.25, 0.3) is 0 Å². The molecule has 1 N–H and O–H groups in total. The number of nitrogens with one attached hydrogen (secondary N) is 1. The zero-order chi connectivity index (χ0) is 21.2. The van der Waals surface area contributed by atoms with Gasteiger partial charge in [-0.1, -0.05) is 22.0 Å². The molecule has 6 nitrogen and oxygen atoms in total. The van der Waals surface area contributed by atoms with Gasteiger partial charge in [-0.05, 0) is 73.7 Å². The van der Waals surface area contributed by atoms with E-state index in [-0.39, 0.29) is 26.2 Å². The van der Waals surface area contributed by atoms with Crippen molar-refractivity contribution in [3.63, 3.8) is 0 Å². The highest BCUT2D eigenvalue weighted by molar-refractivity contribution is 9.10. The standard InChI is InChI=1S/C20H16BrNO5S2/c1-14(23)15-5-9-17(10-6-15)22-29(26,27)20-4-2-3-19(13-20)28(24,25)18-11-7-16(21)8-12-18/h2-13,22H,1H3. The molecule has 3 aromatic rings. The Hall–Kier alpha value is -2.49. The van der Waals surface area contributed by atoms with Crippen LogP contribution in [0.1, 0.15) is 17.3 Å². The van der Waals surface area contributed by atoms with Gasteiger partial charge in [-0.25, -0.2) is 16.8 Å². The van der Waals surface area contributed by atoms with Gasteiger partial charge < -0.3 is 0 Å².